The van der Waals surface area contributed by atoms with E-state index in [9.17, 15) is 9.90 Å². The Labute approximate surface area is 117 Å². The lowest BCUT2D eigenvalue weighted by Gasteiger charge is -2.29. The van der Waals surface area contributed by atoms with Crippen LogP contribution in [-0.4, -0.2) is 27.5 Å². The lowest BCUT2D eigenvalue weighted by Crippen LogP contribution is -2.31. The average Bonchev–Trinajstić information content (AvgIpc) is 2.47. The van der Waals surface area contributed by atoms with Crippen LogP contribution in [0, 0.1) is 0 Å². The van der Waals surface area contributed by atoms with Gasteiger partial charge in [-0.25, -0.2) is 4.79 Å². The third kappa shape index (κ3) is 2.56. The molecule has 1 aromatic heterocycles. The molecule has 0 amide bonds. The minimum Gasteiger partial charge on any atom is -0.478 e. The molecule has 0 spiro atoms. The standard InChI is InChI=1S/C16H16N2O2/c19-16(20)15-5-1-4-13-11-18(8-6-14(13)15)10-12-3-2-7-17-9-12/h1-5,7,9H,6,8,10-11H2,(H,19,20). The van der Waals surface area contributed by atoms with Crippen LogP contribution in [0.2, 0.25) is 0 Å². The van der Waals surface area contributed by atoms with Gasteiger partial charge in [0, 0.05) is 32.0 Å². The Morgan fingerprint density at radius 3 is 2.95 bits per heavy atom. The Kier molecular flexibility index (Phi) is 3.48. The molecule has 1 aliphatic rings. The van der Waals surface area contributed by atoms with Gasteiger partial charge in [-0.3, -0.25) is 9.88 Å². The van der Waals surface area contributed by atoms with Crippen LogP contribution in [-0.2, 0) is 19.5 Å². The van der Waals surface area contributed by atoms with Gasteiger partial charge in [-0.2, -0.15) is 0 Å². The minimum absolute atomic E-state index is 0.448. The fourth-order valence-corrected chi connectivity index (χ4v) is 2.75. The first-order chi connectivity index (χ1) is 9.74. The molecule has 0 aliphatic carbocycles. The largest absolute Gasteiger partial charge is 0.478 e. The fourth-order valence-electron chi connectivity index (χ4n) is 2.75. The maximum absolute atomic E-state index is 11.2. The van der Waals surface area contributed by atoms with Gasteiger partial charge in [-0.1, -0.05) is 18.2 Å². The molecule has 4 heteroatoms. The van der Waals surface area contributed by atoms with Crippen LogP contribution in [0.1, 0.15) is 27.0 Å². The summed E-state index contributed by atoms with van der Waals surface area (Å²) in [6, 6.07) is 9.55. The molecular weight excluding hydrogens is 252 g/mol. The van der Waals surface area contributed by atoms with Crippen molar-refractivity contribution in [1.82, 2.24) is 9.88 Å². The van der Waals surface area contributed by atoms with Crippen LogP contribution in [0.25, 0.3) is 0 Å². The van der Waals surface area contributed by atoms with Crippen molar-refractivity contribution in [3.63, 3.8) is 0 Å². The third-order valence-electron chi connectivity index (χ3n) is 3.70. The molecule has 1 aromatic carbocycles. The molecule has 4 nitrogen and oxygen atoms in total. The van der Waals surface area contributed by atoms with Crippen molar-refractivity contribution in [2.24, 2.45) is 0 Å². The molecule has 0 saturated carbocycles. The maximum Gasteiger partial charge on any atom is 0.335 e. The van der Waals surface area contributed by atoms with Gasteiger partial charge in [0.1, 0.15) is 0 Å². The molecule has 0 radical (unpaired) electrons. The van der Waals surface area contributed by atoms with E-state index in [0.717, 1.165) is 37.2 Å². The smallest absolute Gasteiger partial charge is 0.335 e. The molecule has 3 rings (SSSR count). The second kappa shape index (κ2) is 5.43. The zero-order valence-corrected chi connectivity index (χ0v) is 11.1. The monoisotopic (exact) mass is 268 g/mol. The highest BCUT2D eigenvalue weighted by atomic mass is 16.4. The number of benzene rings is 1. The van der Waals surface area contributed by atoms with E-state index in [4.69, 9.17) is 0 Å². The second-order valence-corrected chi connectivity index (χ2v) is 5.07. The maximum atomic E-state index is 11.2. The van der Waals surface area contributed by atoms with Crippen LogP contribution in [0.5, 0.6) is 0 Å². The van der Waals surface area contributed by atoms with Crippen molar-refractivity contribution in [3.05, 3.63) is 65.0 Å². The number of carbonyl (C=O) groups is 1. The Morgan fingerprint density at radius 1 is 1.30 bits per heavy atom. The van der Waals surface area contributed by atoms with Crippen LogP contribution < -0.4 is 0 Å². The van der Waals surface area contributed by atoms with Gasteiger partial charge < -0.3 is 5.11 Å². The lowest BCUT2D eigenvalue weighted by atomic mass is 9.94. The Balaban J connectivity index is 1.79. The lowest BCUT2D eigenvalue weighted by molar-refractivity contribution is 0.0694. The number of carboxylic acid groups (broad SMARTS) is 1. The van der Waals surface area contributed by atoms with E-state index < -0.39 is 5.97 Å². The van der Waals surface area contributed by atoms with Crippen molar-refractivity contribution in [3.8, 4) is 0 Å². The summed E-state index contributed by atoms with van der Waals surface area (Å²) in [5.41, 5.74) is 3.75. The van der Waals surface area contributed by atoms with Crippen molar-refractivity contribution in [1.29, 1.82) is 0 Å². The molecule has 0 unspecified atom stereocenters. The van der Waals surface area contributed by atoms with Gasteiger partial charge in [-0.05, 0) is 35.2 Å². The van der Waals surface area contributed by atoms with Crippen LogP contribution >= 0.6 is 0 Å². The number of aromatic carboxylic acids is 1. The van der Waals surface area contributed by atoms with Gasteiger partial charge in [0.15, 0.2) is 0 Å². The third-order valence-corrected chi connectivity index (χ3v) is 3.70. The van der Waals surface area contributed by atoms with E-state index in [2.05, 4.69) is 16.0 Å². The number of nitrogens with zero attached hydrogens (tertiary/aromatic N) is 2. The number of hydrogen-bond acceptors (Lipinski definition) is 3. The summed E-state index contributed by atoms with van der Waals surface area (Å²) >= 11 is 0. The molecule has 0 bridgehead atoms. The van der Waals surface area contributed by atoms with E-state index in [1.54, 1.807) is 12.3 Å². The average molecular weight is 268 g/mol. The summed E-state index contributed by atoms with van der Waals surface area (Å²) in [6.45, 7) is 2.53. The van der Waals surface area contributed by atoms with E-state index in [-0.39, 0.29) is 0 Å². The predicted molar refractivity (Wildman–Crippen MR) is 75.5 cm³/mol. The molecule has 2 aromatic rings. The van der Waals surface area contributed by atoms with Gasteiger partial charge in [0.25, 0.3) is 0 Å². The normalized spacial score (nSPS) is 14.8. The van der Waals surface area contributed by atoms with Crippen LogP contribution in [0.4, 0.5) is 0 Å². The topological polar surface area (TPSA) is 53.4 Å². The van der Waals surface area contributed by atoms with Crippen LogP contribution in [0.15, 0.2) is 42.7 Å². The second-order valence-electron chi connectivity index (χ2n) is 5.07. The highest BCUT2D eigenvalue weighted by molar-refractivity contribution is 5.89. The van der Waals surface area contributed by atoms with Crippen LogP contribution in [0.3, 0.4) is 0 Å². The van der Waals surface area contributed by atoms with Gasteiger partial charge >= 0.3 is 5.97 Å². The first kappa shape index (κ1) is 12.8. The van der Waals surface area contributed by atoms with Gasteiger partial charge in [0.2, 0.25) is 0 Å². The number of fused-ring (bicyclic) bond motifs is 1. The predicted octanol–water partition coefficient (Wildman–Crippen LogP) is 2.34. The molecule has 0 fully saturated rings. The molecule has 2 heterocycles. The van der Waals surface area contributed by atoms with E-state index >= 15 is 0 Å². The van der Waals surface area contributed by atoms with E-state index in [0.29, 0.717) is 5.56 Å². The first-order valence-electron chi connectivity index (χ1n) is 6.69. The zero-order chi connectivity index (χ0) is 13.9. The molecular formula is C16H16N2O2. The summed E-state index contributed by atoms with van der Waals surface area (Å²) < 4.78 is 0. The number of pyridine rings is 1. The highest BCUT2D eigenvalue weighted by Crippen LogP contribution is 2.23. The summed E-state index contributed by atoms with van der Waals surface area (Å²) in [6.07, 6.45) is 4.44. The molecule has 1 aliphatic heterocycles. The molecule has 1 N–H and O–H groups in total. The Bertz CT molecular complexity index is 626. The summed E-state index contributed by atoms with van der Waals surface area (Å²) in [5, 5.41) is 9.22. The molecule has 0 saturated heterocycles. The number of hydrogen-bond donors (Lipinski definition) is 1. The summed E-state index contributed by atoms with van der Waals surface area (Å²) in [5.74, 6) is -0.831. The first-order valence-corrected chi connectivity index (χ1v) is 6.69. The molecule has 0 atom stereocenters. The number of aromatic nitrogens is 1. The summed E-state index contributed by atoms with van der Waals surface area (Å²) in [4.78, 5) is 17.7. The number of carboxylic acids is 1. The van der Waals surface area contributed by atoms with Crippen molar-refractivity contribution >= 4 is 5.97 Å². The SMILES string of the molecule is O=C(O)c1cccc2c1CCN(Cc1cccnc1)C2. The quantitative estimate of drug-likeness (QED) is 0.928. The zero-order valence-electron chi connectivity index (χ0n) is 11.1. The Hall–Kier alpha value is -2.20. The minimum atomic E-state index is -0.831. The molecule has 102 valence electrons. The fraction of sp³-hybridized carbons (Fsp3) is 0.250. The van der Waals surface area contributed by atoms with Crippen molar-refractivity contribution < 1.29 is 9.90 Å². The Morgan fingerprint density at radius 2 is 2.20 bits per heavy atom. The number of rotatable bonds is 3. The van der Waals surface area contributed by atoms with Gasteiger partial charge in [0.05, 0.1) is 5.56 Å². The van der Waals surface area contributed by atoms with Crippen molar-refractivity contribution in [2.75, 3.05) is 6.54 Å². The summed E-state index contributed by atoms with van der Waals surface area (Å²) in [7, 11) is 0. The van der Waals surface area contributed by atoms with E-state index in [1.807, 2.05) is 24.4 Å². The van der Waals surface area contributed by atoms with Gasteiger partial charge in [-0.15, -0.1) is 0 Å². The highest BCUT2D eigenvalue weighted by Gasteiger charge is 2.21. The van der Waals surface area contributed by atoms with Crippen molar-refractivity contribution in [2.45, 2.75) is 19.5 Å². The van der Waals surface area contributed by atoms with E-state index in [1.165, 1.54) is 5.56 Å². The molecule has 20 heavy (non-hydrogen) atoms.